The Kier molecular flexibility index (Phi) is 6.35. The highest BCUT2D eigenvalue weighted by molar-refractivity contribution is 7.25. The van der Waals surface area contributed by atoms with Crippen molar-refractivity contribution in [3.63, 3.8) is 0 Å². The van der Waals surface area contributed by atoms with Crippen molar-refractivity contribution in [3.8, 4) is 0 Å². The Hall–Kier alpha value is -3.39. The minimum absolute atomic E-state index is 0.268. The Morgan fingerprint density at radius 1 is 0.639 bits per heavy atom. The normalized spacial score (nSPS) is 13.2. The highest BCUT2D eigenvalue weighted by Crippen LogP contribution is 2.42. The van der Waals surface area contributed by atoms with Crippen molar-refractivity contribution in [1.82, 2.24) is 0 Å². The Bertz CT molecular complexity index is 1630. The van der Waals surface area contributed by atoms with Gasteiger partial charge in [-0.1, -0.05) is 110 Å². The summed E-state index contributed by atoms with van der Waals surface area (Å²) in [5, 5.41) is 3.53. The molecule has 0 aliphatic carbocycles. The third-order valence-electron chi connectivity index (χ3n) is 7.26. The number of hydrogen-bond donors (Lipinski definition) is 0. The van der Waals surface area contributed by atoms with E-state index >= 15 is 0 Å². The van der Waals surface area contributed by atoms with Crippen LogP contribution >= 0.6 is 22.9 Å². The first kappa shape index (κ1) is 23.0. The van der Waals surface area contributed by atoms with Crippen molar-refractivity contribution < 1.29 is 0 Å². The number of rotatable bonds is 6. The van der Waals surface area contributed by atoms with Crippen LogP contribution in [0.5, 0.6) is 0 Å². The summed E-state index contributed by atoms with van der Waals surface area (Å²) in [7, 11) is 0. The van der Waals surface area contributed by atoms with Gasteiger partial charge in [-0.2, -0.15) is 0 Å². The van der Waals surface area contributed by atoms with Gasteiger partial charge >= 0.3 is 0 Å². The van der Waals surface area contributed by atoms with Gasteiger partial charge in [-0.15, -0.1) is 11.3 Å². The monoisotopic (exact) mass is 502 g/mol. The lowest BCUT2D eigenvalue weighted by atomic mass is 9.83. The second kappa shape index (κ2) is 9.93. The van der Waals surface area contributed by atoms with E-state index in [1.54, 1.807) is 0 Å². The van der Waals surface area contributed by atoms with Crippen LogP contribution in [0.25, 0.3) is 20.2 Å². The fraction of sp³-hybridized carbons (Fsp3) is 0.118. The topological polar surface area (TPSA) is 0 Å². The minimum Gasteiger partial charge on any atom is -0.135 e. The fourth-order valence-electron chi connectivity index (χ4n) is 5.34. The lowest BCUT2D eigenvalue weighted by Crippen LogP contribution is -2.05. The Labute approximate surface area is 221 Å². The van der Waals surface area contributed by atoms with Crippen molar-refractivity contribution in [1.29, 1.82) is 0 Å². The van der Waals surface area contributed by atoms with Gasteiger partial charge in [0, 0.05) is 37.0 Å². The van der Waals surface area contributed by atoms with Gasteiger partial charge in [-0.05, 0) is 64.6 Å². The van der Waals surface area contributed by atoms with Gasteiger partial charge in [0.2, 0.25) is 0 Å². The highest BCUT2D eigenvalue weighted by atomic mass is 35.5. The average molecular weight is 503 g/mol. The lowest BCUT2D eigenvalue weighted by molar-refractivity contribution is 0.813. The van der Waals surface area contributed by atoms with Crippen LogP contribution in [0.3, 0.4) is 0 Å². The molecule has 0 saturated heterocycles. The van der Waals surface area contributed by atoms with Gasteiger partial charge in [0.25, 0.3) is 0 Å². The minimum atomic E-state index is 0.268. The van der Waals surface area contributed by atoms with E-state index in [1.165, 1.54) is 48.0 Å². The molecule has 2 atom stereocenters. The molecule has 0 bridgehead atoms. The molecule has 0 nitrogen and oxygen atoms in total. The lowest BCUT2D eigenvalue weighted by Gasteiger charge is -2.20. The smallest absolute Gasteiger partial charge is 0.0408 e. The van der Waals surface area contributed by atoms with Crippen LogP contribution in [0.1, 0.15) is 46.6 Å². The predicted octanol–water partition coefficient (Wildman–Crippen LogP) is 10.2. The maximum atomic E-state index is 6.31. The summed E-state index contributed by atoms with van der Waals surface area (Å²) in [6.45, 7) is 2.27. The van der Waals surface area contributed by atoms with Crippen LogP contribution in [0, 0.1) is 0 Å². The summed E-state index contributed by atoms with van der Waals surface area (Å²) in [6.07, 6.45) is 0.972. The average Bonchev–Trinajstić information content (AvgIpc) is 3.31. The van der Waals surface area contributed by atoms with Gasteiger partial charge < -0.3 is 0 Å². The summed E-state index contributed by atoms with van der Waals surface area (Å²) >= 11 is 8.21. The number of benzene rings is 5. The van der Waals surface area contributed by atoms with Crippen LogP contribution in [0.4, 0.5) is 0 Å². The molecule has 5 aromatic carbocycles. The zero-order chi connectivity index (χ0) is 24.5. The van der Waals surface area contributed by atoms with Gasteiger partial charge in [-0.3, -0.25) is 0 Å². The highest BCUT2D eigenvalue weighted by Gasteiger charge is 2.21. The van der Waals surface area contributed by atoms with Crippen molar-refractivity contribution in [2.75, 3.05) is 0 Å². The van der Waals surface area contributed by atoms with E-state index in [9.17, 15) is 0 Å². The maximum absolute atomic E-state index is 6.31. The third-order valence-corrected chi connectivity index (χ3v) is 8.63. The quantitative estimate of drug-likeness (QED) is 0.212. The molecule has 2 heteroatoms. The molecule has 0 amide bonds. The van der Waals surface area contributed by atoms with Gasteiger partial charge in [0.1, 0.15) is 0 Å². The maximum Gasteiger partial charge on any atom is 0.0408 e. The van der Waals surface area contributed by atoms with Gasteiger partial charge in [0.05, 0.1) is 0 Å². The molecule has 0 saturated carbocycles. The molecule has 1 heterocycles. The van der Waals surface area contributed by atoms with Crippen molar-refractivity contribution in [2.45, 2.75) is 25.2 Å². The van der Waals surface area contributed by atoms with E-state index in [4.69, 9.17) is 11.6 Å². The fourth-order valence-corrected chi connectivity index (χ4v) is 6.66. The Morgan fingerprint density at radius 2 is 1.33 bits per heavy atom. The van der Waals surface area contributed by atoms with Gasteiger partial charge in [-0.25, -0.2) is 0 Å². The molecular weight excluding hydrogens is 476 g/mol. The molecule has 0 aliphatic heterocycles. The van der Waals surface area contributed by atoms with Crippen molar-refractivity contribution >= 4 is 43.1 Å². The number of hydrogen-bond acceptors (Lipinski definition) is 1. The van der Waals surface area contributed by atoms with Crippen molar-refractivity contribution in [3.05, 3.63) is 154 Å². The van der Waals surface area contributed by atoms with E-state index in [2.05, 4.69) is 116 Å². The van der Waals surface area contributed by atoms with E-state index < -0.39 is 0 Å². The standard InChI is InChI=1S/C34H27ClS/c1-23(26-14-8-15-28(35)21-26)27-18-19-32-31(22-27)34-29(16-9-17-33(34)36-32)30(25-12-6-3-7-13-25)20-24-10-4-2-5-11-24/h2-19,21-23,30H,20H2,1H3. The van der Waals surface area contributed by atoms with Crippen LogP contribution in [-0.2, 0) is 6.42 Å². The summed E-state index contributed by atoms with van der Waals surface area (Å²) in [5.41, 5.74) is 6.68. The molecule has 0 spiro atoms. The van der Waals surface area contributed by atoms with Crippen LogP contribution < -0.4 is 0 Å². The Morgan fingerprint density at radius 3 is 2.11 bits per heavy atom. The van der Waals surface area contributed by atoms with E-state index in [0.29, 0.717) is 0 Å². The predicted molar refractivity (Wildman–Crippen MR) is 157 cm³/mol. The SMILES string of the molecule is CC(c1cccc(Cl)c1)c1ccc2sc3cccc(C(Cc4ccccc4)c4ccccc4)c3c2c1. The summed E-state index contributed by atoms with van der Waals surface area (Å²) in [5.74, 6) is 0.550. The van der Waals surface area contributed by atoms with E-state index in [1.807, 2.05) is 23.5 Å². The molecule has 0 N–H and O–H groups in total. The summed E-state index contributed by atoms with van der Waals surface area (Å²) < 4.78 is 2.69. The van der Waals surface area contributed by atoms with Crippen LogP contribution in [-0.4, -0.2) is 0 Å². The zero-order valence-electron chi connectivity index (χ0n) is 20.2. The van der Waals surface area contributed by atoms with E-state index in [0.717, 1.165) is 11.4 Å². The Balaban J connectivity index is 1.52. The molecule has 1 aromatic heterocycles. The molecule has 2 unspecified atom stereocenters. The largest absolute Gasteiger partial charge is 0.135 e. The number of thiophene rings is 1. The molecule has 0 fully saturated rings. The third kappa shape index (κ3) is 4.46. The number of fused-ring (bicyclic) bond motifs is 3. The second-order valence-corrected chi connectivity index (χ2v) is 11.0. The van der Waals surface area contributed by atoms with Gasteiger partial charge in [0.15, 0.2) is 0 Å². The molecule has 6 aromatic rings. The summed E-state index contributed by atoms with van der Waals surface area (Å²) in [6, 6.07) is 43.9. The molecule has 36 heavy (non-hydrogen) atoms. The van der Waals surface area contributed by atoms with Crippen LogP contribution in [0.2, 0.25) is 5.02 Å². The van der Waals surface area contributed by atoms with E-state index in [-0.39, 0.29) is 11.8 Å². The molecule has 176 valence electrons. The summed E-state index contributed by atoms with van der Waals surface area (Å²) in [4.78, 5) is 0. The first-order chi connectivity index (χ1) is 17.7. The zero-order valence-corrected chi connectivity index (χ0v) is 21.8. The first-order valence-electron chi connectivity index (χ1n) is 12.5. The van der Waals surface area contributed by atoms with Crippen LogP contribution in [0.15, 0.2) is 121 Å². The first-order valence-corrected chi connectivity index (χ1v) is 13.7. The molecular formula is C34H27ClS. The molecule has 0 radical (unpaired) electrons. The molecule has 6 rings (SSSR count). The van der Waals surface area contributed by atoms with Crippen molar-refractivity contribution in [2.24, 2.45) is 0 Å². The number of halogens is 1. The molecule has 0 aliphatic rings. The second-order valence-electron chi connectivity index (χ2n) is 9.51.